The number of carbonyl (C=O) groups excluding carboxylic acids is 1. The second-order valence-corrected chi connectivity index (χ2v) is 4.14. The first-order chi connectivity index (χ1) is 9.52. The van der Waals surface area contributed by atoms with Crippen LogP contribution in [0.2, 0.25) is 0 Å². The van der Waals surface area contributed by atoms with E-state index in [1.807, 2.05) is 6.92 Å². The number of rotatable bonds is 4. The quantitative estimate of drug-likeness (QED) is 0.678. The average Bonchev–Trinajstić information content (AvgIpc) is 2.43. The molecule has 2 aromatic rings. The number of carboxylic acid groups (broad SMARTS) is 1. The van der Waals surface area contributed by atoms with Gasteiger partial charge in [0.25, 0.3) is 0 Å². The maximum absolute atomic E-state index is 11.7. The minimum atomic E-state index is -1.35. The van der Waals surface area contributed by atoms with Gasteiger partial charge in [0.1, 0.15) is 11.1 Å². The Kier molecular flexibility index (Phi) is 3.84. The molecule has 1 heterocycles. The van der Waals surface area contributed by atoms with Gasteiger partial charge in [-0.3, -0.25) is 0 Å². The van der Waals surface area contributed by atoms with E-state index in [4.69, 9.17) is 14.3 Å². The lowest BCUT2D eigenvalue weighted by Gasteiger charge is -2.04. The van der Waals surface area contributed by atoms with E-state index in [0.717, 1.165) is 0 Å². The van der Waals surface area contributed by atoms with Crippen LogP contribution in [0.25, 0.3) is 11.0 Å². The molecule has 0 saturated carbocycles. The van der Waals surface area contributed by atoms with Gasteiger partial charge in [0.2, 0.25) is 0 Å². The summed E-state index contributed by atoms with van der Waals surface area (Å²) >= 11 is 0. The molecule has 0 fully saturated rings. The maximum Gasteiger partial charge on any atom is 0.351 e. The highest BCUT2D eigenvalue weighted by Gasteiger charge is 2.14. The van der Waals surface area contributed by atoms with Crippen molar-refractivity contribution in [3.8, 4) is 0 Å². The Balaban J connectivity index is 2.45. The molecule has 0 bridgehead atoms. The maximum atomic E-state index is 11.7. The van der Waals surface area contributed by atoms with E-state index in [1.54, 1.807) is 0 Å². The molecule has 0 aliphatic carbocycles. The zero-order valence-electron chi connectivity index (χ0n) is 10.7. The molecule has 0 amide bonds. The van der Waals surface area contributed by atoms with Crippen LogP contribution >= 0.6 is 0 Å². The normalized spacial score (nSPS) is 10.4. The molecule has 6 heteroatoms. The number of esters is 1. The highest BCUT2D eigenvalue weighted by molar-refractivity contribution is 5.96. The summed E-state index contributed by atoms with van der Waals surface area (Å²) in [6, 6.07) is 5.57. The molecule has 0 saturated heterocycles. The first-order valence-corrected chi connectivity index (χ1v) is 6.01. The van der Waals surface area contributed by atoms with Crippen molar-refractivity contribution in [2.75, 3.05) is 6.61 Å². The van der Waals surface area contributed by atoms with Crippen molar-refractivity contribution in [1.82, 2.24) is 0 Å². The van der Waals surface area contributed by atoms with Crippen LogP contribution in [0.4, 0.5) is 0 Å². The fourth-order valence-electron chi connectivity index (χ4n) is 1.67. The zero-order chi connectivity index (χ0) is 14.7. The zero-order valence-corrected chi connectivity index (χ0v) is 10.7. The minimum Gasteiger partial charge on any atom is -0.477 e. The van der Waals surface area contributed by atoms with Crippen molar-refractivity contribution >= 4 is 22.9 Å². The number of aromatic carboxylic acids is 1. The van der Waals surface area contributed by atoms with E-state index in [-0.39, 0.29) is 11.1 Å². The summed E-state index contributed by atoms with van der Waals surface area (Å²) in [7, 11) is 0. The van der Waals surface area contributed by atoms with Crippen LogP contribution in [-0.4, -0.2) is 23.7 Å². The van der Waals surface area contributed by atoms with E-state index in [2.05, 4.69) is 0 Å². The molecule has 1 N–H and O–H groups in total. The van der Waals surface area contributed by atoms with Crippen molar-refractivity contribution in [3.05, 3.63) is 45.8 Å². The summed E-state index contributed by atoms with van der Waals surface area (Å²) in [6.07, 6.45) is 0.705. The number of carboxylic acids is 1. The van der Waals surface area contributed by atoms with Crippen molar-refractivity contribution in [3.63, 3.8) is 0 Å². The highest BCUT2D eigenvalue weighted by Crippen LogP contribution is 2.16. The van der Waals surface area contributed by atoms with Gasteiger partial charge in [-0.1, -0.05) is 13.0 Å². The Morgan fingerprint density at radius 2 is 2.05 bits per heavy atom. The summed E-state index contributed by atoms with van der Waals surface area (Å²) in [6.45, 7) is 2.18. The largest absolute Gasteiger partial charge is 0.477 e. The molecule has 0 spiro atoms. The molecule has 1 aromatic carbocycles. The topological polar surface area (TPSA) is 93.8 Å². The minimum absolute atomic E-state index is 0.144. The number of carbonyl (C=O) groups is 2. The average molecular weight is 276 g/mol. The lowest BCUT2D eigenvalue weighted by atomic mass is 10.1. The first kappa shape index (κ1) is 13.8. The lowest BCUT2D eigenvalue weighted by Crippen LogP contribution is -2.13. The highest BCUT2D eigenvalue weighted by atomic mass is 16.5. The molecular formula is C14H12O6. The number of hydrogen-bond donors (Lipinski definition) is 1. The van der Waals surface area contributed by atoms with Crippen molar-refractivity contribution in [2.45, 2.75) is 13.3 Å². The summed E-state index contributed by atoms with van der Waals surface area (Å²) in [5.74, 6) is -1.87. The molecule has 2 rings (SSSR count). The van der Waals surface area contributed by atoms with Gasteiger partial charge in [-0.05, 0) is 24.6 Å². The van der Waals surface area contributed by atoms with Gasteiger partial charge < -0.3 is 14.3 Å². The Hall–Kier alpha value is -2.63. The lowest BCUT2D eigenvalue weighted by molar-refractivity contribution is 0.0504. The predicted molar refractivity (Wildman–Crippen MR) is 70.0 cm³/mol. The van der Waals surface area contributed by atoms with Crippen LogP contribution < -0.4 is 5.63 Å². The molecule has 6 nitrogen and oxygen atoms in total. The molecule has 0 aliphatic rings. The van der Waals surface area contributed by atoms with Crippen LogP contribution in [0.5, 0.6) is 0 Å². The van der Waals surface area contributed by atoms with Gasteiger partial charge in [-0.25, -0.2) is 14.4 Å². The Bertz CT molecular complexity index is 728. The first-order valence-electron chi connectivity index (χ1n) is 6.01. The number of ether oxygens (including phenoxy) is 1. The van der Waals surface area contributed by atoms with Gasteiger partial charge in [-0.2, -0.15) is 0 Å². The predicted octanol–water partition coefficient (Wildman–Crippen LogP) is 2.06. The number of benzene rings is 1. The Morgan fingerprint density at radius 1 is 1.30 bits per heavy atom. The number of hydrogen-bond acceptors (Lipinski definition) is 5. The summed E-state index contributed by atoms with van der Waals surface area (Å²) < 4.78 is 9.87. The van der Waals surface area contributed by atoms with Crippen LogP contribution in [0, 0.1) is 0 Å². The van der Waals surface area contributed by atoms with E-state index in [9.17, 15) is 14.4 Å². The third-order valence-corrected chi connectivity index (χ3v) is 2.64. The van der Waals surface area contributed by atoms with Crippen LogP contribution in [-0.2, 0) is 4.74 Å². The van der Waals surface area contributed by atoms with Gasteiger partial charge >= 0.3 is 17.6 Å². The molecule has 0 aliphatic heterocycles. The third-order valence-electron chi connectivity index (χ3n) is 2.64. The van der Waals surface area contributed by atoms with E-state index in [1.165, 1.54) is 24.3 Å². The van der Waals surface area contributed by atoms with Gasteiger partial charge in [0.05, 0.1) is 12.2 Å². The SMILES string of the molecule is CCCOC(=O)c1ccc2cc(C(=O)O)c(=O)oc2c1. The van der Waals surface area contributed by atoms with Gasteiger partial charge in [0.15, 0.2) is 0 Å². The summed E-state index contributed by atoms with van der Waals surface area (Å²) in [5.41, 5.74) is -1.01. The van der Waals surface area contributed by atoms with Crippen molar-refractivity contribution in [1.29, 1.82) is 0 Å². The van der Waals surface area contributed by atoms with Crippen molar-refractivity contribution < 1.29 is 23.8 Å². The van der Waals surface area contributed by atoms with E-state index in [0.29, 0.717) is 18.4 Å². The van der Waals surface area contributed by atoms with E-state index < -0.39 is 23.1 Å². The summed E-state index contributed by atoms with van der Waals surface area (Å²) in [4.78, 5) is 34.0. The monoisotopic (exact) mass is 276 g/mol. The molecule has 20 heavy (non-hydrogen) atoms. The second kappa shape index (κ2) is 5.56. The molecule has 0 atom stereocenters. The van der Waals surface area contributed by atoms with Crippen LogP contribution in [0.15, 0.2) is 33.5 Å². The van der Waals surface area contributed by atoms with Crippen LogP contribution in [0.1, 0.15) is 34.1 Å². The van der Waals surface area contributed by atoms with E-state index >= 15 is 0 Å². The van der Waals surface area contributed by atoms with Crippen LogP contribution in [0.3, 0.4) is 0 Å². The molecule has 0 unspecified atom stereocenters. The molecular weight excluding hydrogens is 264 g/mol. The Morgan fingerprint density at radius 3 is 2.70 bits per heavy atom. The fraction of sp³-hybridized carbons (Fsp3) is 0.214. The smallest absolute Gasteiger partial charge is 0.351 e. The third kappa shape index (κ3) is 2.69. The molecule has 104 valence electrons. The van der Waals surface area contributed by atoms with Gasteiger partial charge in [0, 0.05) is 5.39 Å². The fourth-order valence-corrected chi connectivity index (χ4v) is 1.67. The number of fused-ring (bicyclic) bond motifs is 1. The van der Waals surface area contributed by atoms with Crippen molar-refractivity contribution in [2.24, 2.45) is 0 Å². The Labute approximate surface area is 113 Å². The second-order valence-electron chi connectivity index (χ2n) is 4.14. The standard InChI is InChI=1S/C14H12O6/c1-2-5-19-13(17)9-4-3-8-6-10(12(15)16)14(18)20-11(8)7-9/h3-4,6-7H,2,5H2,1H3,(H,15,16). The summed E-state index contributed by atoms with van der Waals surface area (Å²) in [5, 5.41) is 9.26. The molecule has 0 radical (unpaired) electrons. The molecule has 1 aromatic heterocycles. The van der Waals surface area contributed by atoms with Gasteiger partial charge in [-0.15, -0.1) is 0 Å².